The summed E-state index contributed by atoms with van der Waals surface area (Å²) in [6.07, 6.45) is 3.10. The first-order valence-corrected chi connectivity index (χ1v) is 9.42. The molecule has 0 bridgehead atoms. The van der Waals surface area contributed by atoms with E-state index in [1.165, 1.54) is 12.4 Å². The number of carbonyl (C=O) groups excluding carboxylic acids is 1. The number of amides is 1. The van der Waals surface area contributed by atoms with Crippen LogP contribution in [0.2, 0.25) is 0 Å². The number of aromatic amines is 1. The number of nitrogens with zero attached hydrogens (tertiary/aromatic N) is 3. The predicted octanol–water partition coefficient (Wildman–Crippen LogP) is 3.01. The summed E-state index contributed by atoms with van der Waals surface area (Å²) in [4.78, 5) is 19.2. The van der Waals surface area contributed by atoms with Crippen LogP contribution in [0.3, 0.4) is 0 Å². The Morgan fingerprint density at radius 1 is 1.14 bits per heavy atom. The third-order valence-electron chi connectivity index (χ3n) is 5.12. The highest BCUT2D eigenvalue weighted by Gasteiger charge is 2.23. The van der Waals surface area contributed by atoms with Gasteiger partial charge in [0.2, 0.25) is 0 Å². The van der Waals surface area contributed by atoms with Crippen molar-refractivity contribution in [2.75, 3.05) is 13.1 Å². The molecule has 0 spiro atoms. The fourth-order valence-corrected chi connectivity index (χ4v) is 3.59. The van der Waals surface area contributed by atoms with Crippen LogP contribution in [-0.4, -0.2) is 45.1 Å². The van der Waals surface area contributed by atoms with Gasteiger partial charge in [-0.15, -0.1) is 0 Å². The Morgan fingerprint density at radius 2 is 1.89 bits per heavy atom. The second-order valence-electron chi connectivity index (χ2n) is 6.99. The lowest BCUT2D eigenvalue weighted by Crippen LogP contribution is -2.44. The average molecular weight is 379 g/mol. The first-order chi connectivity index (χ1) is 13.7. The van der Waals surface area contributed by atoms with E-state index in [1.807, 2.05) is 30.3 Å². The van der Waals surface area contributed by atoms with Gasteiger partial charge in [-0.05, 0) is 25.0 Å². The maximum atomic E-state index is 13.8. The monoisotopic (exact) mass is 379 g/mol. The normalized spacial score (nSPS) is 15.5. The van der Waals surface area contributed by atoms with Gasteiger partial charge in [0.25, 0.3) is 5.91 Å². The molecule has 0 aliphatic carbocycles. The first-order valence-electron chi connectivity index (χ1n) is 9.42. The van der Waals surface area contributed by atoms with E-state index in [4.69, 9.17) is 0 Å². The molecule has 1 fully saturated rings. The summed E-state index contributed by atoms with van der Waals surface area (Å²) in [5.41, 5.74) is 2.02. The van der Waals surface area contributed by atoms with Crippen molar-refractivity contribution >= 4 is 5.91 Å². The smallest absolute Gasteiger partial charge is 0.252 e. The molecule has 1 saturated heterocycles. The highest BCUT2D eigenvalue weighted by molar-refractivity contribution is 6.00. The highest BCUT2D eigenvalue weighted by Crippen LogP contribution is 2.21. The number of aromatic nitrogens is 3. The van der Waals surface area contributed by atoms with Crippen molar-refractivity contribution in [2.45, 2.75) is 25.4 Å². The molecule has 1 aliphatic heterocycles. The van der Waals surface area contributed by atoms with E-state index in [2.05, 4.69) is 25.4 Å². The van der Waals surface area contributed by atoms with Crippen LogP contribution in [0.5, 0.6) is 0 Å². The van der Waals surface area contributed by atoms with Gasteiger partial charge < -0.3 is 5.32 Å². The second-order valence-corrected chi connectivity index (χ2v) is 6.99. The van der Waals surface area contributed by atoms with Crippen LogP contribution in [0.1, 0.15) is 28.8 Å². The summed E-state index contributed by atoms with van der Waals surface area (Å²) < 4.78 is 13.8. The molecule has 2 heterocycles. The zero-order valence-corrected chi connectivity index (χ0v) is 15.4. The Kier molecular flexibility index (Phi) is 5.43. The quantitative estimate of drug-likeness (QED) is 0.715. The largest absolute Gasteiger partial charge is 0.349 e. The lowest BCUT2D eigenvalue weighted by atomic mass is 10.0. The third-order valence-corrected chi connectivity index (χ3v) is 5.12. The van der Waals surface area contributed by atoms with Crippen LogP contribution < -0.4 is 5.32 Å². The summed E-state index contributed by atoms with van der Waals surface area (Å²) >= 11 is 0. The lowest BCUT2D eigenvalue weighted by molar-refractivity contribution is 0.0909. The van der Waals surface area contributed by atoms with Crippen LogP contribution in [0.15, 0.2) is 54.9 Å². The van der Waals surface area contributed by atoms with E-state index in [-0.39, 0.29) is 17.8 Å². The fourth-order valence-electron chi connectivity index (χ4n) is 3.59. The van der Waals surface area contributed by atoms with Gasteiger partial charge in [-0.25, -0.2) is 9.37 Å². The van der Waals surface area contributed by atoms with E-state index < -0.39 is 0 Å². The molecule has 144 valence electrons. The van der Waals surface area contributed by atoms with Crippen LogP contribution in [-0.2, 0) is 6.54 Å². The molecule has 7 heteroatoms. The molecule has 2 N–H and O–H groups in total. The molecular weight excluding hydrogens is 357 g/mol. The van der Waals surface area contributed by atoms with Gasteiger partial charge in [0.15, 0.2) is 5.82 Å². The zero-order valence-electron chi connectivity index (χ0n) is 15.4. The number of hydrogen-bond donors (Lipinski definition) is 2. The SMILES string of the molecule is O=C(NC1CCN(Cc2ccccc2F)CC1)c1ccccc1-c1ncn[nH]1. The van der Waals surface area contributed by atoms with Gasteiger partial charge in [0.05, 0.1) is 5.56 Å². The van der Waals surface area contributed by atoms with Crippen molar-refractivity contribution in [3.8, 4) is 11.4 Å². The molecule has 3 aromatic rings. The number of rotatable bonds is 5. The maximum absolute atomic E-state index is 13.8. The number of likely N-dealkylation sites (tertiary alicyclic amines) is 1. The van der Waals surface area contributed by atoms with E-state index in [1.54, 1.807) is 12.1 Å². The second kappa shape index (κ2) is 8.31. The third kappa shape index (κ3) is 4.09. The molecule has 4 rings (SSSR count). The number of carbonyl (C=O) groups is 1. The van der Waals surface area contributed by atoms with E-state index in [9.17, 15) is 9.18 Å². The Hall–Kier alpha value is -3.06. The first kappa shape index (κ1) is 18.3. The Balaban J connectivity index is 1.36. The molecule has 2 aromatic carbocycles. The van der Waals surface area contributed by atoms with Crippen LogP contribution in [0.4, 0.5) is 4.39 Å². The minimum atomic E-state index is -0.165. The van der Waals surface area contributed by atoms with Crippen molar-refractivity contribution in [1.82, 2.24) is 25.4 Å². The van der Waals surface area contributed by atoms with Gasteiger partial charge in [-0.3, -0.25) is 14.8 Å². The molecule has 0 saturated carbocycles. The van der Waals surface area contributed by atoms with Crippen molar-refractivity contribution in [2.24, 2.45) is 0 Å². The number of piperidine rings is 1. The minimum absolute atomic E-state index is 0.104. The molecule has 1 aliphatic rings. The van der Waals surface area contributed by atoms with Gasteiger partial charge in [-0.1, -0.05) is 36.4 Å². The van der Waals surface area contributed by atoms with Crippen LogP contribution in [0, 0.1) is 5.82 Å². The minimum Gasteiger partial charge on any atom is -0.349 e. The molecule has 28 heavy (non-hydrogen) atoms. The molecule has 1 amide bonds. The van der Waals surface area contributed by atoms with E-state index in [0.29, 0.717) is 23.5 Å². The number of nitrogens with one attached hydrogen (secondary N) is 2. The van der Waals surface area contributed by atoms with Crippen molar-refractivity contribution in [1.29, 1.82) is 0 Å². The topological polar surface area (TPSA) is 73.9 Å². The van der Waals surface area contributed by atoms with Gasteiger partial charge in [0, 0.05) is 36.8 Å². The molecule has 6 nitrogen and oxygen atoms in total. The van der Waals surface area contributed by atoms with Gasteiger partial charge >= 0.3 is 0 Å². The molecule has 0 unspecified atom stereocenters. The number of hydrogen-bond acceptors (Lipinski definition) is 4. The molecule has 0 radical (unpaired) electrons. The molecule has 1 aromatic heterocycles. The van der Waals surface area contributed by atoms with Crippen LogP contribution in [0.25, 0.3) is 11.4 Å². The summed E-state index contributed by atoms with van der Waals surface area (Å²) in [5.74, 6) is 0.298. The van der Waals surface area contributed by atoms with Crippen molar-refractivity contribution < 1.29 is 9.18 Å². The Morgan fingerprint density at radius 3 is 2.64 bits per heavy atom. The van der Waals surface area contributed by atoms with Gasteiger partial charge in [0.1, 0.15) is 12.1 Å². The maximum Gasteiger partial charge on any atom is 0.252 e. The van der Waals surface area contributed by atoms with E-state index >= 15 is 0 Å². The Labute approximate surface area is 162 Å². The highest BCUT2D eigenvalue weighted by atomic mass is 19.1. The summed E-state index contributed by atoms with van der Waals surface area (Å²) in [6.45, 7) is 2.24. The number of benzene rings is 2. The average Bonchev–Trinajstić information content (AvgIpc) is 3.26. The van der Waals surface area contributed by atoms with Gasteiger partial charge in [-0.2, -0.15) is 5.10 Å². The van der Waals surface area contributed by atoms with Crippen molar-refractivity contribution in [3.63, 3.8) is 0 Å². The van der Waals surface area contributed by atoms with E-state index in [0.717, 1.165) is 31.5 Å². The van der Waals surface area contributed by atoms with Crippen molar-refractivity contribution in [3.05, 3.63) is 71.8 Å². The summed E-state index contributed by atoms with van der Waals surface area (Å²) in [6, 6.07) is 14.3. The summed E-state index contributed by atoms with van der Waals surface area (Å²) in [5, 5.41) is 9.80. The number of halogens is 1. The molecule has 0 atom stereocenters. The zero-order chi connectivity index (χ0) is 19.3. The Bertz CT molecular complexity index is 935. The predicted molar refractivity (Wildman–Crippen MR) is 104 cm³/mol. The van der Waals surface area contributed by atoms with Crippen LogP contribution >= 0.6 is 0 Å². The lowest BCUT2D eigenvalue weighted by Gasteiger charge is -2.32. The standard InChI is InChI=1S/C21H22FN5O/c22-19-8-4-1-5-15(19)13-27-11-9-16(10-12-27)25-21(28)18-7-3-2-6-17(18)20-23-14-24-26-20/h1-8,14,16H,9-13H2,(H,25,28)(H,23,24,26). The number of H-pyrrole nitrogens is 1. The summed E-state index contributed by atoms with van der Waals surface area (Å²) in [7, 11) is 0. The fraction of sp³-hybridized carbons (Fsp3) is 0.286. The molecular formula is C21H22FN5O.